The van der Waals surface area contributed by atoms with Gasteiger partial charge in [-0.1, -0.05) is 66.7 Å². The fourth-order valence-electron chi connectivity index (χ4n) is 3.60. The molecule has 1 saturated heterocycles. The lowest BCUT2D eigenvalue weighted by molar-refractivity contribution is 0.0698. The Hall–Kier alpha value is -3.42. The van der Waals surface area contributed by atoms with Crippen LogP contribution in [0.4, 0.5) is 0 Å². The van der Waals surface area contributed by atoms with Crippen molar-refractivity contribution in [2.75, 3.05) is 26.2 Å². The molecule has 6 nitrogen and oxygen atoms in total. The number of amides is 1. The third-order valence-electron chi connectivity index (χ3n) is 5.45. The zero-order valence-electron chi connectivity index (χ0n) is 18.2. The summed E-state index contributed by atoms with van der Waals surface area (Å²) < 4.78 is 32.6. The molecule has 0 saturated carbocycles. The molecule has 0 radical (unpaired) electrons. The average Bonchev–Trinajstić information content (AvgIpc) is 2.87. The summed E-state index contributed by atoms with van der Waals surface area (Å²) in [5.74, 6) is 0.494. The van der Waals surface area contributed by atoms with E-state index in [0.717, 1.165) is 11.1 Å². The molecule has 3 aromatic rings. The Kier molecular flexibility index (Phi) is 7.22. The Morgan fingerprint density at radius 1 is 0.848 bits per heavy atom. The Morgan fingerprint density at radius 2 is 1.52 bits per heavy atom. The van der Waals surface area contributed by atoms with Gasteiger partial charge in [0.1, 0.15) is 12.4 Å². The highest BCUT2D eigenvalue weighted by Crippen LogP contribution is 2.18. The quantitative estimate of drug-likeness (QED) is 0.532. The molecular formula is C26H26N2O4S. The number of hydrogen-bond donors (Lipinski definition) is 0. The molecule has 0 aliphatic carbocycles. The van der Waals surface area contributed by atoms with Gasteiger partial charge in [0.05, 0.1) is 0 Å². The minimum Gasteiger partial charge on any atom is -0.489 e. The molecule has 0 bridgehead atoms. The van der Waals surface area contributed by atoms with Crippen LogP contribution in [0.2, 0.25) is 0 Å². The normalized spacial score (nSPS) is 15.0. The highest BCUT2D eigenvalue weighted by molar-refractivity contribution is 7.92. The van der Waals surface area contributed by atoms with E-state index < -0.39 is 10.0 Å². The molecule has 7 heteroatoms. The molecule has 1 aliphatic rings. The van der Waals surface area contributed by atoms with Crippen LogP contribution < -0.4 is 4.74 Å². The lowest BCUT2D eigenvalue weighted by atomic mass is 10.1. The molecule has 3 aromatic carbocycles. The Balaban J connectivity index is 1.34. The second-order valence-corrected chi connectivity index (χ2v) is 9.57. The summed E-state index contributed by atoms with van der Waals surface area (Å²) in [7, 11) is -3.54. The molecule has 0 spiro atoms. The van der Waals surface area contributed by atoms with Gasteiger partial charge >= 0.3 is 0 Å². The molecular weight excluding hydrogens is 436 g/mol. The van der Waals surface area contributed by atoms with E-state index in [0.29, 0.717) is 31.0 Å². The molecule has 0 unspecified atom stereocenters. The van der Waals surface area contributed by atoms with Crippen molar-refractivity contribution >= 4 is 22.0 Å². The van der Waals surface area contributed by atoms with E-state index in [1.54, 1.807) is 29.2 Å². The standard InChI is InChI=1S/C26H26N2O4S/c29-26(24-12-7-13-25(20-24)32-21-23-10-5-2-6-11-23)27-15-17-28(18-16-27)33(30,31)19-14-22-8-3-1-4-9-22/h1-14,19-20H,15-18,21H2/b19-14+. The fourth-order valence-corrected chi connectivity index (χ4v) is 4.78. The topological polar surface area (TPSA) is 66.9 Å². The van der Waals surface area contributed by atoms with Crippen molar-refractivity contribution in [1.82, 2.24) is 9.21 Å². The number of sulfonamides is 1. The third-order valence-corrected chi connectivity index (χ3v) is 7.01. The highest BCUT2D eigenvalue weighted by atomic mass is 32.2. The van der Waals surface area contributed by atoms with Crippen molar-refractivity contribution in [3.63, 3.8) is 0 Å². The van der Waals surface area contributed by atoms with Crippen molar-refractivity contribution in [3.8, 4) is 5.75 Å². The molecule has 1 fully saturated rings. The van der Waals surface area contributed by atoms with Crippen LogP contribution in [0, 0.1) is 0 Å². The molecule has 1 heterocycles. The van der Waals surface area contributed by atoms with E-state index in [1.807, 2.05) is 66.7 Å². The van der Waals surface area contributed by atoms with Gasteiger partial charge in [0, 0.05) is 37.2 Å². The molecule has 1 aliphatic heterocycles. The van der Waals surface area contributed by atoms with Crippen LogP contribution in [-0.4, -0.2) is 49.7 Å². The van der Waals surface area contributed by atoms with Crippen LogP contribution in [0.5, 0.6) is 5.75 Å². The Labute approximate surface area is 194 Å². The maximum absolute atomic E-state index is 13.0. The smallest absolute Gasteiger partial charge is 0.254 e. The summed E-state index contributed by atoms with van der Waals surface area (Å²) in [4.78, 5) is 14.7. The zero-order chi connectivity index (χ0) is 23.1. The molecule has 0 aromatic heterocycles. The third kappa shape index (κ3) is 6.09. The lowest BCUT2D eigenvalue weighted by Crippen LogP contribution is -2.50. The second-order valence-electron chi connectivity index (χ2n) is 7.75. The van der Waals surface area contributed by atoms with E-state index in [1.165, 1.54) is 9.71 Å². The van der Waals surface area contributed by atoms with Crippen LogP contribution in [0.1, 0.15) is 21.5 Å². The van der Waals surface area contributed by atoms with Crippen LogP contribution in [0.15, 0.2) is 90.3 Å². The number of carbonyl (C=O) groups excluding carboxylic acids is 1. The summed E-state index contributed by atoms with van der Waals surface area (Å²) in [6.45, 7) is 1.62. The summed E-state index contributed by atoms with van der Waals surface area (Å²) in [5, 5.41) is 1.23. The van der Waals surface area contributed by atoms with Gasteiger partial charge < -0.3 is 9.64 Å². The summed E-state index contributed by atoms with van der Waals surface area (Å²) in [5.41, 5.74) is 2.40. The van der Waals surface area contributed by atoms with Crippen molar-refractivity contribution in [2.45, 2.75) is 6.61 Å². The number of rotatable bonds is 7. The second kappa shape index (κ2) is 10.5. The van der Waals surface area contributed by atoms with Crippen LogP contribution in [0.25, 0.3) is 6.08 Å². The van der Waals surface area contributed by atoms with E-state index in [9.17, 15) is 13.2 Å². The first-order valence-electron chi connectivity index (χ1n) is 10.8. The van der Waals surface area contributed by atoms with Gasteiger partial charge in [0.25, 0.3) is 5.91 Å². The number of carbonyl (C=O) groups is 1. The van der Waals surface area contributed by atoms with Gasteiger partial charge in [-0.15, -0.1) is 0 Å². The Morgan fingerprint density at radius 3 is 2.21 bits per heavy atom. The minimum absolute atomic E-state index is 0.128. The van der Waals surface area contributed by atoms with E-state index >= 15 is 0 Å². The first kappa shape index (κ1) is 22.8. The SMILES string of the molecule is O=C(c1cccc(OCc2ccccc2)c1)N1CCN(S(=O)(=O)/C=C/c2ccccc2)CC1. The maximum Gasteiger partial charge on any atom is 0.254 e. The van der Waals surface area contributed by atoms with E-state index in [4.69, 9.17) is 4.74 Å². The number of hydrogen-bond acceptors (Lipinski definition) is 4. The highest BCUT2D eigenvalue weighted by Gasteiger charge is 2.28. The van der Waals surface area contributed by atoms with Crippen LogP contribution in [0.3, 0.4) is 0 Å². The number of nitrogens with zero attached hydrogens (tertiary/aromatic N) is 2. The minimum atomic E-state index is -3.54. The lowest BCUT2D eigenvalue weighted by Gasteiger charge is -2.33. The number of ether oxygens (including phenoxy) is 1. The largest absolute Gasteiger partial charge is 0.489 e. The average molecular weight is 463 g/mol. The van der Waals surface area contributed by atoms with Crippen molar-refractivity contribution in [1.29, 1.82) is 0 Å². The van der Waals surface area contributed by atoms with Crippen LogP contribution in [-0.2, 0) is 16.6 Å². The monoisotopic (exact) mass is 462 g/mol. The Bertz CT molecular complexity index is 1200. The zero-order valence-corrected chi connectivity index (χ0v) is 19.0. The summed E-state index contributed by atoms with van der Waals surface area (Å²) in [6.07, 6.45) is 1.59. The summed E-state index contributed by atoms with van der Waals surface area (Å²) in [6, 6.07) is 26.2. The van der Waals surface area contributed by atoms with Crippen molar-refractivity contribution in [3.05, 3.63) is 107 Å². The molecule has 33 heavy (non-hydrogen) atoms. The first-order chi connectivity index (χ1) is 16.0. The molecule has 1 amide bonds. The van der Waals surface area contributed by atoms with Crippen LogP contribution >= 0.6 is 0 Å². The van der Waals surface area contributed by atoms with Gasteiger partial charge in [-0.05, 0) is 35.4 Å². The van der Waals surface area contributed by atoms with Gasteiger partial charge in [-0.3, -0.25) is 4.79 Å². The molecule has 0 N–H and O–H groups in total. The van der Waals surface area contributed by atoms with Gasteiger partial charge in [-0.25, -0.2) is 8.42 Å². The van der Waals surface area contributed by atoms with Gasteiger partial charge in [0.2, 0.25) is 10.0 Å². The fraction of sp³-hybridized carbons (Fsp3) is 0.192. The van der Waals surface area contributed by atoms with E-state index in [2.05, 4.69) is 0 Å². The van der Waals surface area contributed by atoms with Gasteiger partial charge in [0.15, 0.2) is 0 Å². The number of benzene rings is 3. The molecule has 170 valence electrons. The van der Waals surface area contributed by atoms with E-state index in [-0.39, 0.29) is 19.0 Å². The first-order valence-corrected chi connectivity index (χ1v) is 12.3. The predicted octanol–water partition coefficient (Wildman–Crippen LogP) is 4.02. The molecule has 0 atom stereocenters. The van der Waals surface area contributed by atoms with Crippen molar-refractivity contribution < 1.29 is 17.9 Å². The summed E-state index contributed by atoms with van der Waals surface area (Å²) >= 11 is 0. The van der Waals surface area contributed by atoms with Crippen molar-refractivity contribution in [2.24, 2.45) is 0 Å². The maximum atomic E-state index is 13.0. The number of piperazine rings is 1. The van der Waals surface area contributed by atoms with Gasteiger partial charge in [-0.2, -0.15) is 4.31 Å². The predicted molar refractivity (Wildman–Crippen MR) is 129 cm³/mol. The molecule has 4 rings (SSSR count).